The normalized spacial score (nSPS) is 14.6. The van der Waals surface area contributed by atoms with Gasteiger partial charge in [-0.15, -0.1) is 0 Å². The molecule has 0 radical (unpaired) electrons. The molecule has 236 valence electrons. The molecule has 3 aromatic carbocycles. The molecule has 44 heavy (non-hydrogen) atoms. The lowest BCUT2D eigenvalue weighted by molar-refractivity contribution is -0.139. The van der Waals surface area contributed by atoms with Crippen LogP contribution >= 0.6 is 0 Å². The van der Waals surface area contributed by atoms with Crippen molar-refractivity contribution in [1.29, 1.82) is 0 Å². The van der Waals surface area contributed by atoms with Gasteiger partial charge >= 0.3 is 0 Å². The predicted octanol–water partition coefficient (Wildman–Crippen LogP) is 6.19. The molecular weight excluding hydrogens is 574 g/mol. The second kappa shape index (κ2) is 14.8. The van der Waals surface area contributed by atoms with Crippen LogP contribution in [-0.4, -0.2) is 50.9 Å². The Hall–Kier alpha value is -3.85. The first-order valence-electron chi connectivity index (χ1n) is 15.4. The van der Waals surface area contributed by atoms with Gasteiger partial charge < -0.3 is 15.0 Å². The van der Waals surface area contributed by atoms with Crippen molar-refractivity contribution in [2.45, 2.75) is 89.2 Å². The first kappa shape index (κ1) is 33.1. The standard InChI is InChI=1S/C35H45N3O5S/c1-25(2)29-16-18-31(19-17-29)38(44(41,42)33-20-14-26(3)15-21-33)24-34(39)37(23-28-10-9-13-32(22-28)43-5)27(4)35(40)36-30-11-7-6-8-12-30/h9-10,13-22,25,27,30H,6-8,11-12,23-24H2,1-5H3,(H,36,40). The van der Waals surface area contributed by atoms with Gasteiger partial charge in [-0.05, 0) is 80.1 Å². The number of methoxy groups -OCH3 is 1. The molecule has 0 heterocycles. The molecule has 1 atom stereocenters. The number of carbonyl (C=O) groups excluding carboxylic acids is 2. The zero-order valence-corrected chi connectivity index (χ0v) is 27.3. The molecule has 2 amide bonds. The molecule has 1 aliphatic rings. The lowest BCUT2D eigenvalue weighted by atomic mass is 9.95. The molecule has 1 N–H and O–H groups in total. The number of benzene rings is 3. The summed E-state index contributed by atoms with van der Waals surface area (Å²) >= 11 is 0. The first-order valence-corrected chi connectivity index (χ1v) is 16.9. The molecule has 1 aliphatic carbocycles. The van der Waals surface area contributed by atoms with Gasteiger partial charge in [0.15, 0.2) is 0 Å². The van der Waals surface area contributed by atoms with Gasteiger partial charge in [-0.2, -0.15) is 0 Å². The topological polar surface area (TPSA) is 96.0 Å². The van der Waals surface area contributed by atoms with Crippen LogP contribution < -0.4 is 14.4 Å². The van der Waals surface area contributed by atoms with E-state index in [2.05, 4.69) is 19.2 Å². The Morgan fingerprint density at radius 1 is 0.932 bits per heavy atom. The summed E-state index contributed by atoms with van der Waals surface area (Å²) in [6.45, 7) is 7.36. The van der Waals surface area contributed by atoms with Crippen molar-refractivity contribution in [3.8, 4) is 5.75 Å². The van der Waals surface area contributed by atoms with Crippen LogP contribution in [0.2, 0.25) is 0 Å². The highest BCUT2D eigenvalue weighted by atomic mass is 32.2. The molecule has 1 unspecified atom stereocenters. The molecule has 4 rings (SSSR count). The van der Waals surface area contributed by atoms with E-state index in [4.69, 9.17) is 4.74 Å². The van der Waals surface area contributed by atoms with Crippen molar-refractivity contribution in [1.82, 2.24) is 10.2 Å². The second-order valence-electron chi connectivity index (χ2n) is 12.0. The zero-order valence-electron chi connectivity index (χ0n) is 26.5. The number of hydrogen-bond acceptors (Lipinski definition) is 5. The maximum absolute atomic E-state index is 14.2. The molecular formula is C35H45N3O5S. The third kappa shape index (κ3) is 8.20. The zero-order chi connectivity index (χ0) is 31.9. The Balaban J connectivity index is 1.70. The predicted molar refractivity (Wildman–Crippen MR) is 174 cm³/mol. The van der Waals surface area contributed by atoms with Gasteiger partial charge in [0.25, 0.3) is 10.0 Å². The molecule has 0 spiro atoms. The maximum Gasteiger partial charge on any atom is 0.264 e. The van der Waals surface area contributed by atoms with E-state index in [-0.39, 0.29) is 29.3 Å². The summed E-state index contributed by atoms with van der Waals surface area (Å²) in [7, 11) is -2.55. The molecule has 0 aliphatic heterocycles. The van der Waals surface area contributed by atoms with Crippen LogP contribution in [0.4, 0.5) is 5.69 Å². The molecule has 0 bridgehead atoms. The van der Waals surface area contributed by atoms with Crippen molar-refractivity contribution < 1.29 is 22.7 Å². The van der Waals surface area contributed by atoms with E-state index < -0.39 is 28.5 Å². The Labute approximate surface area is 262 Å². The lowest BCUT2D eigenvalue weighted by Crippen LogP contribution is -2.53. The quantitative estimate of drug-likeness (QED) is 0.261. The fourth-order valence-electron chi connectivity index (χ4n) is 5.51. The fourth-order valence-corrected chi connectivity index (χ4v) is 6.92. The Morgan fingerprint density at radius 2 is 1.59 bits per heavy atom. The highest BCUT2D eigenvalue weighted by molar-refractivity contribution is 7.92. The van der Waals surface area contributed by atoms with Crippen LogP contribution in [0.5, 0.6) is 5.75 Å². The smallest absolute Gasteiger partial charge is 0.264 e. The number of amides is 2. The summed E-state index contributed by atoms with van der Waals surface area (Å²) in [5.74, 6) is 0.155. The lowest BCUT2D eigenvalue weighted by Gasteiger charge is -2.33. The average molecular weight is 620 g/mol. The number of anilines is 1. The molecule has 0 aromatic heterocycles. The fraction of sp³-hybridized carbons (Fsp3) is 0.429. The Morgan fingerprint density at radius 3 is 2.20 bits per heavy atom. The Kier molecular flexibility index (Phi) is 11.1. The van der Waals surface area contributed by atoms with Gasteiger partial charge in [-0.1, -0.05) is 75.1 Å². The van der Waals surface area contributed by atoms with Gasteiger partial charge in [-0.25, -0.2) is 8.42 Å². The van der Waals surface area contributed by atoms with Crippen molar-refractivity contribution in [3.05, 3.63) is 89.5 Å². The minimum Gasteiger partial charge on any atom is -0.497 e. The molecule has 1 saturated carbocycles. The van der Waals surface area contributed by atoms with E-state index in [9.17, 15) is 18.0 Å². The third-order valence-corrected chi connectivity index (χ3v) is 10.1. The van der Waals surface area contributed by atoms with E-state index in [1.54, 1.807) is 50.4 Å². The molecule has 0 saturated heterocycles. The highest BCUT2D eigenvalue weighted by Gasteiger charge is 2.33. The molecule has 9 heteroatoms. The summed E-state index contributed by atoms with van der Waals surface area (Å²) in [6.07, 6.45) is 5.11. The van der Waals surface area contributed by atoms with Crippen molar-refractivity contribution in [2.75, 3.05) is 18.0 Å². The van der Waals surface area contributed by atoms with Crippen LogP contribution in [0.15, 0.2) is 77.7 Å². The number of hydrogen-bond donors (Lipinski definition) is 1. The van der Waals surface area contributed by atoms with Crippen LogP contribution in [0, 0.1) is 6.92 Å². The monoisotopic (exact) mass is 619 g/mol. The number of rotatable bonds is 12. The number of ether oxygens (including phenoxy) is 1. The number of carbonyl (C=O) groups is 2. The summed E-state index contributed by atoms with van der Waals surface area (Å²) in [5.41, 5.74) is 3.13. The van der Waals surface area contributed by atoms with Gasteiger partial charge in [0.05, 0.1) is 17.7 Å². The highest BCUT2D eigenvalue weighted by Crippen LogP contribution is 2.27. The van der Waals surface area contributed by atoms with E-state index in [1.807, 2.05) is 43.3 Å². The summed E-state index contributed by atoms with van der Waals surface area (Å²) < 4.78 is 34.7. The summed E-state index contributed by atoms with van der Waals surface area (Å²) in [4.78, 5) is 29.3. The largest absolute Gasteiger partial charge is 0.497 e. The van der Waals surface area contributed by atoms with Gasteiger partial charge in [0.2, 0.25) is 11.8 Å². The van der Waals surface area contributed by atoms with Gasteiger partial charge in [0.1, 0.15) is 18.3 Å². The van der Waals surface area contributed by atoms with Crippen molar-refractivity contribution in [3.63, 3.8) is 0 Å². The van der Waals surface area contributed by atoms with Crippen LogP contribution in [0.25, 0.3) is 0 Å². The summed E-state index contributed by atoms with van der Waals surface area (Å²) in [6, 6.07) is 20.4. The van der Waals surface area contributed by atoms with Crippen molar-refractivity contribution in [2.24, 2.45) is 0 Å². The van der Waals surface area contributed by atoms with Crippen LogP contribution in [0.1, 0.15) is 75.5 Å². The summed E-state index contributed by atoms with van der Waals surface area (Å²) in [5, 5.41) is 3.14. The first-order chi connectivity index (χ1) is 21.0. The van der Waals surface area contributed by atoms with E-state index >= 15 is 0 Å². The second-order valence-corrected chi connectivity index (χ2v) is 13.8. The van der Waals surface area contributed by atoms with Crippen molar-refractivity contribution >= 4 is 27.5 Å². The van der Waals surface area contributed by atoms with E-state index in [0.29, 0.717) is 11.4 Å². The third-order valence-electron chi connectivity index (χ3n) is 8.34. The number of aryl methyl sites for hydroxylation is 1. The minimum atomic E-state index is -4.12. The van der Waals surface area contributed by atoms with Gasteiger partial charge in [0, 0.05) is 12.6 Å². The number of nitrogens with one attached hydrogen (secondary N) is 1. The van der Waals surface area contributed by atoms with E-state index in [1.165, 1.54) is 4.90 Å². The minimum absolute atomic E-state index is 0.0744. The number of nitrogens with zero attached hydrogens (tertiary/aromatic N) is 2. The molecule has 3 aromatic rings. The maximum atomic E-state index is 14.2. The van der Waals surface area contributed by atoms with Gasteiger partial charge in [-0.3, -0.25) is 13.9 Å². The number of sulfonamides is 1. The Bertz CT molecular complexity index is 1510. The molecule has 8 nitrogen and oxygen atoms in total. The average Bonchev–Trinajstić information content (AvgIpc) is 3.02. The van der Waals surface area contributed by atoms with Crippen LogP contribution in [-0.2, 0) is 26.2 Å². The van der Waals surface area contributed by atoms with Crippen LogP contribution in [0.3, 0.4) is 0 Å². The SMILES string of the molecule is COc1cccc(CN(C(=O)CN(c2ccc(C(C)C)cc2)S(=O)(=O)c2ccc(C)cc2)C(C)C(=O)NC2CCCCC2)c1. The van der Waals surface area contributed by atoms with E-state index in [0.717, 1.165) is 53.1 Å². The molecule has 1 fully saturated rings.